The lowest BCUT2D eigenvalue weighted by Crippen LogP contribution is -2.33. The Balaban J connectivity index is 3.01. The normalized spacial score (nSPS) is 15.1. The summed E-state index contributed by atoms with van der Waals surface area (Å²) in [6.07, 6.45) is 0.466. The molecule has 0 aliphatic rings. The topological polar surface area (TPSA) is 66.5 Å². The molecule has 1 unspecified atom stereocenters. The highest BCUT2D eigenvalue weighted by Crippen LogP contribution is 2.29. The third-order valence-corrected chi connectivity index (χ3v) is 2.91. The number of halogens is 1. The molecule has 0 aliphatic heterocycles. The van der Waals surface area contributed by atoms with Crippen LogP contribution in [0.15, 0.2) is 22.7 Å². The van der Waals surface area contributed by atoms with Crippen LogP contribution in [-0.2, 0) is 5.54 Å². The zero-order valence-electron chi connectivity index (χ0n) is 8.00. The van der Waals surface area contributed by atoms with Crippen LogP contribution in [0.25, 0.3) is 0 Å². The molecule has 1 aromatic carbocycles. The minimum atomic E-state index is -0.604. The molecular formula is C10H14BrNO2. The summed E-state index contributed by atoms with van der Waals surface area (Å²) in [7, 11) is 0. The number of aromatic hydroxyl groups is 1. The Morgan fingerprint density at radius 2 is 2.14 bits per heavy atom. The molecule has 14 heavy (non-hydrogen) atoms. The highest BCUT2D eigenvalue weighted by Gasteiger charge is 2.21. The molecule has 0 aliphatic carbocycles. The van der Waals surface area contributed by atoms with E-state index in [9.17, 15) is 5.11 Å². The largest absolute Gasteiger partial charge is 0.507 e. The van der Waals surface area contributed by atoms with Crippen LogP contribution in [-0.4, -0.2) is 16.8 Å². The van der Waals surface area contributed by atoms with Gasteiger partial charge < -0.3 is 15.9 Å². The standard InChI is InChI=1S/C10H14BrNO2/c1-10(12,4-5-13)7-2-3-8(11)9(14)6-7/h2-3,6,13-14H,4-5,12H2,1H3. The second-order valence-corrected chi connectivity index (χ2v) is 4.41. The average Bonchev–Trinajstić information content (AvgIpc) is 2.09. The SMILES string of the molecule is CC(N)(CCO)c1ccc(Br)c(O)c1. The highest BCUT2D eigenvalue weighted by atomic mass is 79.9. The van der Waals surface area contributed by atoms with Gasteiger partial charge in [-0.1, -0.05) is 6.07 Å². The smallest absolute Gasteiger partial charge is 0.130 e. The molecule has 0 radical (unpaired) electrons. The van der Waals surface area contributed by atoms with E-state index in [0.717, 1.165) is 5.56 Å². The summed E-state index contributed by atoms with van der Waals surface area (Å²) in [6.45, 7) is 1.86. The van der Waals surface area contributed by atoms with Crippen molar-refractivity contribution < 1.29 is 10.2 Å². The van der Waals surface area contributed by atoms with Gasteiger partial charge in [-0.25, -0.2) is 0 Å². The summed E-state index contributed by atoms with van der Waals surface area (Å²) >= 11 is 3.19. The molecule has 1 atom stereocenters. The van der Waals surface area contributed by atoms with Crippen molar-refractivity contribution in [1.82, 2.24) is 0 Å². The predicted octanol–water partition coefficient (Wildman–Crippen LogP) is 1.71. The molecular weight excluding hydrogens is 246 g/mol. The summed E-state index contributed by atoms with van der Waals surface area (Å²) in [5.41, 5.74) is 6.19. The Morgan fingerprint density at radius 1 is 1.50 bits per heavy atom. The minimum absolute atomic E-state index is 0.0316. The van der Waals surface area contributed by atoms with Gasteiger partial charge in [-0.05, 0) is 47.0 Å². The van der Waals surface area contributed by atoms with E-state index >= 15 is 0 Å². The Kier molecular flexibility index (Phi) is 3.53. The fraction of sp³-hybridized carbons (Fsp3) is 0.400. The number of phenolic OH excluding ortho intramolecular Hbond substituents is 1. The van der Waals surface area contributed by atoms with Gasteiger partial charge in [0.1, 0.15) is 5.75 Å². The van der Waals surface area contributed by atoms with E-state index in [0.29, 0.717) is 10.9 Å². The van der Waals surface area contributed by atoms with Gasteiger partial charge in [0.05, 0.1) is 4.47 Å². The van der Waals surface area contributed by atoms with Crippen LogP contribution < -0.4 is 5.73 Å². The lowest BCUT2D eigenvalue weighted by atomic mass is 9.90. The van der Waals surface area contributed by atoms with Crippen molar-refractivity contribution in [2.24, 2.45) is 5.73 Å². The first-order valence-corrected chi connectivity index (χ1v) is 5.15. The van der Waals surface area contributed by atoms with Crippen molar-refractivity contribution in [2.45, 2.75) is 18.9 Å². The van der Waals surface area contributed by atoms with Gasteiger partial charge >= 0.3 is 0 Å². The van der Waals surface area contributed by atoms with Crippen LogP contribution in [0, 0.1) is 0 Å². The first-order chi connectivity index (χ1) is 6.47. The second-order valence-electron chi connectivity index (χ2n) is 3.56. The van der Waals surface area contributed by atoms with E-state index < -0.39 is 5.54 Å². The predicted molar refractivity (Wildman–Crippen MR) is 59.0 cm³/mol. The van der Waals surface area contributed by atoms with Crippen molar-refractivity contribution in [2.75, 3.05) is 6.61 Å². The number of hydrogen-bond acceptors (Lipinski definition) is 3. The number of aliphatic hydroxyl groups is 1. The van der Waals surface area contributed by atoms with Crippen LogP contribution >= 0.6 is 15.9 Å². The molecule has 0 spiro atoms. The molecule has 0 amide bonds. The average molecular weight is 260 g/mol. The van der Waals surface area contributed by atoms with E-state index in [4.69, 9.17) is 10.8 Å². The molecule has 0 saturated heterocycles. The minimum Gasteiger partial charge on any atom is -0.507 e. The fourth-order valence-electron chi connectivity index (χ4n) is 1.24. The molecule has 1 rings (SSSR count). The molecule has 0 fully saturated rings. The highest BCUT2D eigenvalue weighted by molar-refractivity contribution is 9.10. The van der Waals surface area contributed by atoms with Gasteiger partial charge in [0.2, 0.25) is 0 Å². The number of nitrogens with two attached hydrogens (primary N) is 1. The van der Waals surface area contributed by atoms with Crippen LogP contribution in [0.3, 0.4) is 0 Å². The van der Waals surface area contributed by atoms with Crippen molar-refractivity contribution >= 4 is 15.9 Å². The first-order valence-electron chi connectivity index (χ1n) is 4.36. The second kappa shape index (κ2) is 4.29. The fourth-order valence-corrected chi connectivity index (χ4v) is 1.49. The van der Waals surface area contributed by atoms with Crippen LogP contribution in [0.5, 0.6) is 5.75 Å². The molecule has 0 aromatic heterocycles. The van der Waals surface area contributed by atoms with Crippen LogP contribution in [0.1, 0.15) is 18.9 Å². The lowest BCUT2D eigenvalue weighted by Gasteiger charge is -2.24. The number of hydrogen-bond donors (Lipinski definition) is 3. The number of rotatable bonds is 3. The van der Waals surface area contributed by atoms with Crippen molar-refractivity contribution in [3.63, 3.8) is 0 Å². The van der Waals surface area contributed by atoms with Gasteiger partial charge in [0.25, 0.3) is 0 Å². The van der Waals surface area contributed by atoms with Gasteiger partial charge in [-0.3, -0.25) is 0 Å². The van der Waals surface area contributed by atoms with Crippen LogP contribution in [0.4, 0.5) is 0 Å². The molecule has 78 valence electrons. The Labute approximate surface area is 91.7 Å². The summed E-state index contributed by atoms with van der Waals surface area (Å²) in [5, 5.41) is 18.3. The quantitative estimate of drug-likeness (QED) is 0.775. The third-order valence-electron chi connectivity index (χ3n) is 2.24. The Hall–Kier alpha value is -0.580. The van der Waals surface area contributed by atoms with Crippen molar-refractivity contribution in [1.29, 1.82) is 0 Å². The number of aliphatic hydroxyl groups excluding tert-OH is 1. The van der Waals surface area contributed by atoms with E-state index in [-0.39, 0.29) is 12.4 Å². The summed E-state index contributed by atoms with van der Waals surface area (Å²) < 4.78 is 0.640. The molecule has 0 heterocycles. The van der Waals surface area contributed by atoms with Gasteiger partial charge in [0.15, 0.2) is 0 Å². The maximum Gasteiger partial charge on any atom is 0.130 e. The molecule has 0 bridgehead atoms. The Bertz CT molecular complexity index is 326. The Morgan fingerprint density at radius 3 is 2.64 bits per heavy atom. The molecule has 4 N–H and O–H groups in total. The van der Waals surface area contributed by atoms with E-state index in [2.05, 4.69) is 15.9 Å². The molecule has 3 nitrogen and oxygen atoms in total. The summed E-state index contributed by atoms with van der Waals surface area (Å²) in [6, 6.07) is 5.19. The molecule has 0 saturated carbocycles. The van der Waals surface area contributed by atoms with Gasteiger partial charge in [-0.2, -0.15) is 0 Å². The van der Waals surface area contributed by atoms with Gasteiger partial charge in [-0.15, -0.1) is 0 Å². The van der Waals surface area contributed by atoms with E-state index in [1.165, 1.54) is 0 Å². The number of phenols is 1. The summed E-state index contributed by atoms with van der Waals surface area (Å²) in [5.74, 6) is 0.164. The maximum atomic E-state index is 9.47. The third kappa shape index (κ3) is 2.47. The summed E-state index contributed by atoms with van der Waals surface area (Å²) in [4.78, 5) is 0. The van der Waals surface area contributed by atoms with Gasteiger partial charge in [0, 0.05) is 12.1 Å². The monoisotopic (exact) mass is 259 g/mol. The van der Waals surface area contributed by atoms with E-state index in [1.54, 1.807) is 12.1 Å². The van der Waals surface area contributed by atoms with Crippen molar-refractivity contribution in [3.05, 3.63) is 28.2 Å². The number of benzene rings is 1. The van der Waals surface area contributed by atoms with E-state index in [1.807, 2.05) is 13.0 Å². The maximum absolute atomic E-state index is 9.47. The molecule has 4 heteroatoms. The van der Waals surface area contributed by atoms with Crippen molar-refractivity contribution in [3.8, 4) is 5.75 Å². The zero-order chi connectivity index (χ0) is 10.8. The lowest BCUT2D eigenvalue weighted by molar-refractivity contribution is 0.247. The molecule has 1 aromatic rings. The van der Waals surface area contributed by atoms with Crippen LogP contribution in [0.2, 0.25) is 0 Å². The zero-order valence-corrected chi connectivity index (χ0v) is 9.58. The first kappa shape index (κ1) is 11.5.